The van der Waals surface area contributed by atoms with E-state index in [2.05, 4.69) is 287 Å². The summed E-state index contributed by atoms with van der Waals surface area (Å²) in [5.74, 6) is 0. The van der Waals surface area contributed by atoms with Crippen LogP contribution in [0.5, 0.6) is 0 Å². The first kappa shape index (κ1) is 41.7. The van der Waals surface area contributed by atoms with Crippen molar-refractivity contribution in [1.29, 1.82) is 0 Å². The van der Waals surface area contributed by atoms with Crippen LogP contribution in [-0.4, -0.2) is 13.7 Å². The fourth-order valence-corrected chi connectivity index (χ4v) is 11.9. The third-order valence-electron chi connectivity index (χ3n) is 13.0. The Morgan fingerprint density at radius 1 is 0.299 bits per heavy atom. The molecular weight excluding hydrogens is 1060 g/mol. The van der Waals surface area contributed by atoms with Crippen LogP contribution in [0, 0.1) is 3.57 Å². The summed E-state index contributed by atoms with van der Waals surface area (Å²) in [6.45, 7) is 0. The molecule has 1 aliphatic rings. The lowest BCUT2D eigenvalue weighted by atomic mass is 10.1. The lowest BCUT2D eigenvalue weighted by Crippen LogP contribution is -1.95. The number of benzene rings is 10. The SMILES string of the molecule is Brc1cccc(-n2c3ccccc3c3cc(-n4c5ccccc5c5ccccc54)ccc32)c1.Brc1cccc(I)c1.c1ccc2c(c1)Cc1ccc(-n3c4ccccc4c4ccccc43)cc1-2. The fourth-order valence-electron chi connectivity index (χ4n) is 10.1. The molecule has 0 unspecified atom stereocenters. The molecule has 0 radical (unpaired) electrons. The summed E-state index contributed by atoms with van der Waals surface area (Å²) < 4.78 is 10.6. The predicted molar refractivity (Wildman–Crippen MR) is 299 cm³/mol. The fraction of sp³-hybridized carbons (Fsp3) is 0.0164. The molecule has 3 heterocycles. The molecule has 0 spiro atoms. The molecule has 10 aromatic carbocycles. The van der Waals surface area contributed by atoms with Crippen molar-refractivity contribution in [1.82, 2.24) is 13.7 Å². The second-order valence-corrected chi connectivity index (χ2v) is 20.0. The van der Waals surface area contributed by atoms with E-state index in [0.717, 1.165) is 21.1 Å². The molecule has 67 heavy (non-hydrogen) atoms. The first-order chi connectivity index (χ1) is 33.0. The van der Waals surface area contributed by atoms with Gasteiger partial charge in [-0.25, -0.2) is 0 Å². The Labute approximate surface area is 418 Å². The van der Waals surface area contributed by atoms with Crippen molar-refractivity contribution < 1.29 is 0 Å². The molecule has 1 aliphatic carbocycles. The van der Waals surface area contributed by atoms with E-state index in [-0.39, 0.29) is 0 Å². The third kappa shape index (κ3) is 7.48. The van der Waals surface area contributed by atoms with Crippen molar-refractivity contribution in [2.75, 3.05) is 0 Å². The second kappa shape index (κ2) is 17.5. The summed E-state index contributed by atoms with van der Waals surface area (Å²) in [7, 11) is 0. The summed E-state index contributed by atoms with van der Waals surface area (Å²) in [4.78, 5) is 0. The summed E-state index contributed by atoms with van der Waals surface area (Å²) in [6, 6.07) is 82.6. The number of aromatic nitrogens is 3. The van der Waals surface area contributed by atoms with Crippen molar-refractivity contribution >= 4 is 120 Å². The Kier molecular flexibility index (Phi) is 10.9. The molecule has 0 saturated heterocycles. The largest absolute Gasteiger partial charge is 0.309 e. The van der Waals surface area contributed by atoms with E-state index in [9.17, 15) is 0 Å². The summed E-state index contributed by atoms with van der Waals surface area (Å²) in [5, 5.41) is 7.70. The molecule has 6 heteroatoms. The van der Waals surface area contributed by atoms with Crippen LogP contribution in [0.25, 0.3) is 93.6 Å². The highest BCUT2D eigenvalue weighted by atomic mass is 127. The highest BCUT2D eigenvalue weighted by Crippen LogP contribution is 2.40. The van der Waals surface area contributed by atoms with Crippen molar-refractivity contribution in [3.05, 3.63) is 254 Å². The van der Waals surface area contributed by atoms with Gasteiger partial charge in [0.2, 0.25) is 0 Å². The van der Waals surface area contributed by atoms with Crippen LogP contribution in [0.15, 0.2) is 239 Å². The van der Waals surface area contributed by atoms with E-state index < -0.39 is 0 Å². The Balaban J connectivity index is 0.000000122. The van der Waals surface area contributed by atoms with Gasteiger partial charge in [-0.3, -0.25) is 0 Å². The van der Waals surface area contributed by atoms with Crippen LogP contribution in [0.1, 0.15) is 11.1 Å². The Morgan fingerprint density at radius 3 is 1.21 bits per heavy atom. The van der Waals surface area contributed by atoms with Crippen LogP contribution in [0.4, 0.5) is 0 Å². The van der Waals surface area contributed by atoms with E-state index in [1.807, 2.05) is 12.1 Å². The van der Waals surface area contributed by atoms with Crippen LogP contribution >= 0.6 is 54.5 Å². The van der Waals surface area contributed by atoms with Crippen molar-refractivity contribution in [2.24, 2.45) is 0 Å². The summed E-state index contributed by atoms with van der Waals surface area (Å²) in [6.07, 6.45) is 1.04. The summed E-state index contributed by atoms with van der Waals surface area (Å²) >= 11 is 9.28. The highest BCUT2D eigenvalue weighted by molar-refractivity contribution is 14.1. The van der Waals surface area contributed by atoms with Gasteiger partial charge in [0, 0.05) is 61.9 Å². The predicted octanol–water partition coefficient (Wildman–Crippen LogP) is 18.1. The van der Waals surface area contributed by atoms with Gasteiger partial charge in [0.05, 0.1) is 33.1 Å². The Morgan fingerprint density at radius 2 is 0.701 bits per heavy atom. The van der Waals surface area contributed by atoms with Gasteiger partial charge in [-0.2, -0.15) is 0 Å². The number of hydrogen-bond acceptors (Lipinski definition) is 0. The molecule has 0 bridgehead atoms. The average Bonchev–Trinajstić information content (AvgIpc) is 4.10. The Hall–Kier alpha value is -6.71. The minimum atomic E-state index is 1.04. The number of nitrogens with zero attached hydrogens (tertiary/aromatic N) is 3. The number of para-hydroxylation sites is 5. The van der Waals surface area contributed by atoms with Crippen LogP contribution in [0.3, 0.4) is 0 Å². The van der Waals surface area contributed by atoms with E-state index in [4.69, 9.17) is 0 Å². The molecule has 14 rings (SSSR count). The molecule has 0 atom stereocenters. The molecule has 0 saturated carbocycles. The van der Waals surface area contributed by atoms with E-state index >= 15 is 0 Å². The normalized spacial score (nSPS) is 11.7. The molecule has 0 amide bonds. The lowest BCUT2D eigenvalue weighted by molar-refractivity contribution is 1.16. The quantitative estimate of drug-likeness (QED) is 0.157. The van der Waals surface area contributed by atoms with Gasteiger partial charge in [-0.1, -0.05) is 165 Å². The van der Waals surface area contributed by atoms with E-state index in [0.29, 0.717) is 0 Å². The molecule has 13 aromatic rings. The van der Waals surface area contributed by atoms with E-state index in [1.165, 1.54) is 103 Å². The van der Waals surface area contributed by atoms with Crippen LogP contribution in [0.2, 0.25) is 0 Å². The van der Waals surface area contributed by atoms with Crippen LogP contribution in [-0.2, 0) is 6.42 Å². The maximum Gasteiger partial charge on any atom is 0.0542 e. The molecule has 3 aromatic heterocycles. The molecule has 0 fully saturated rings. The highest BCUT2D eigenvalue weighted by Gasteiger charge is 2.20. The van der Waals surface area contributed by atoms with Gasteiger partial charge in [0.1, 0.15) is 0 Å². The maximum atomic E-state index is 3.64. The average molecular weight is 1100 g/mol. The molecule has 3 nitrogen and oxygen atoms in total. The van der Waals surface area contributed by atoms with Gasteiger partial charge >= 0.3 is 0 Å². The smallest absolute Gasteiger partial charge is 0.0542 e. The zero-order chi connectivity index (χ0) is 45.0. The van der Waals surface area contributed by atoms with E-state index in [1.54, 1.807) is 0 Å². The second-order valence-electron chi connectivity index (χ2n) is 16.9. The van der Waals surface area contributed by atoms with Gasteiger partial charge < -0.3 is 13.7 Å². The topological polar surface area (TPSA) is 14.8 Å². The molecule has 320 valence electrons. The zero-order valence-corrected chi connectivity index (χ0v) is 41.5. The number of rotatable bonds is 3. The van der Waals surface area contributed by atoms with Crippen molar-refractivity contribution in [3.63, 3.8) is 0 Å². The van der Waals surface area contributed by atoms with Gasteiger partial charge in [0.15, 0.2) is 0 Å². The molecule has 0 aliphatic heterocycles. The number of hydrogen-bond donors (Lipinski definition) is 0. The van der Waals surface area contributed by atoms with Gasteiger partial charge in [-0.15, -0.1) is 0 Å². The third-order valence-corrected chi connectivity index (χ3v) is 14.6. The molecular formula is C61H40Br2IN3. The molecule has 0 N–H and O–H groups in total. The Bertz CT molecular complexity index is 3900. The van der Waals surface area contributed by atoms with Crippen molar-refractivity contribution in [3.8, 4) is 28.2 Å². The monoisotopic (exact) mass is 1100 g/mol. The zero-order valence-electron chi connectivity index (χ0n) is 36.1. The maximum absolute atomic E-state index is 3.64. The summed E-state index contributed by atoms with van der Waals surface area (Å²) in [5.41, 5.74) is 16.6. The standard InChI is InChI=1S/C30H19BrN2.C25H17N.C6H4BrI/c31-20-8-7-9-21(18-20)32-29-15-6-3-12-25(29)26-19-22(16-17-30(26)32)33-27-13-4-1-10-23(27)24-11-2-5-14-28(24)33;1-2-8-20-17(7-1)15-18-13-14-19(16-23(18)20)26-24-11-5-3-9-21(24)22-10-4-6-12-25(22)26;7-5-2-1-3-6(8)4-5/h1-19H;1-14,16H,15H2;1-4H. The van der Waals surface area contributed by atoms with Crippen molar-refractivity contribution in [2.45, 2.75) is 6.42 Å². The van der Waals surface area contributed by atoms with Crippen LogP contribution < -0.4 is 0 Å². The first-order valence-electron chi connectivity index (χ1n) is 22.4. The lowest BCUT2D eigenvalue weighted by Gasteiger charge is -2.10. The minimum absolute atomic E-state index is 1.04. The minimum Gasteiger partial charge on any atom is -0.309 e. The first-order valence-corrected chi connectivity index (χ1v) is 25.0. The number of halogens is 3. The van der Waals surface area contributed by atoms with Gasteiger partial charge in [-0.05, 0) is 148 Å². The van der Waals surface area contributed by atoms with Gasteiger partial charge in [0.25, 0.3) is 0 Å². The number of fused-ring (bicyclic) bond motifs is 12.